The lowest BCUT2D eigenvalue weighted by atomic mass is 10.2. The lowest BCUT2D eigenvalue weighted by Crippen LogP contribution is -2.06. The first-order chi connectivity index (χ1) is 13.4. The van der Waals surface area contributed by atoms with Crippen LogP contribution >= 0.6 is 23.2 Å². The molecule has 0 atom stereocenters. The Morgan fingerprint density at radius 3 is 2.36 bits per heavy atom. The molecule has 0 radical (unpaired) electrons. The van der Waals surface area contributed by atoms with E-state index in [1.165, 1.54) is 14.2 Å². The fourth-order valence-electron chi connectivity index (χ4n) is 2.72. The second-order valence-electron chi connectivity index (χ2n) is 5.68. The van der Waals surface area contributed by atoms with E-state index in [1.807, 2.05) is 0 Å². The highest BCUT2D eigenvalue weighted by atomic mass is 35.5. The van der Waals surface area contributed by atoms with Crippen LogP contribution in [-0.4, -0.2) is 49.1 Å². The number of hydrogen-bond donors (Lipinski definition) is 0. The number of aryl methyl sites for hydroxylation is 2. The van der Waals surface area contributed by atoms with Crippen LogP contribution in [0.5, 0.6) is 11.8 Å². The van der Waals surface area contributed by atoms with Crippen molar-refractivity contribution >= 4 is 34.2 Å². The van der Waals surface area contributed by atoms with Crippen molar-refractivity contribution in [3.63, 3.8) is 0 Å². The van der Waals surface area contributed by atoms with Gasteiger partial charge in [0, 0.05) is 0 Å². The fraction of sp³-hybridized carbons (Fsp3) is 0.250. The maximum atomic E-state index is 6.55. The molecule has 0 amide bonds. The SMILES string of the molecule is COc1nc2cc(Cl)c(Cl)c(-n3c(C)nnc3-c3nc(C)no3)c2nc1OC. The number of nitrogens with zero attached hydrogens (tertiary/aromatic N) is 7. The molecule has 4 rings (SSSR count). The van der Waals surface area contributed by atoms with E-state index in [9.17, 15) is 0 Å². The molecule has 4 aromatic rings. The van der Waals surface area contributed by atoms with Crippen molar-refractivity contribution in [2.75, 3.05) is 14.2 Å². The van der Waals surface area contributed by atoms with Crippen LogP contribution in [-0.2, 0) is 0 Å². The second kappa shape index (κ2) is 6.88. The summed E-state index contributed by atoms with van der Waals surface area (Å²) in [6.45, 7) is 3.45. The van der Waals surface area contributed by atoms with Crippen LogP contribution in [0.1, 0.15) is 11.6 Å². The van der Waals surface area contributed by atoms with Gasteiger partial charge in [-0.05, 0) is 19.9 Å². The summed E-state index contributed by atoms with van der Waals surface area (Å²) in [4.78, 5) is 13.1. The third-order valence-electron chi connectivity index (χ3n) is 3.92. The van der Waals surface area contributed by atoms with E-state index in [4.69, 9.17) is 37.2 Å². The van der Waals surface area contributed by atoms with Gasteiger partial charge in [-0.1, -0.05) is 28.4 Å². The lowest BCUT2D eigenvalue weighted by Gasteiger charge is -2.14. The fourth-order valence-corrected chi connectivity index (χ4v) is 3.14. The number of ether oxygens (including phenoxy) is 2. The molecule has 0 saturated carbocycles. The number of aromatic nitrogens is 7. The molecular weight excluding hydrogens is 409 g/mol. The maximum absolute atomic E-state index is 6.55. The average Bonchev–Trinajstić information content (AvgIpc) is 3.27. The molecule has 144 valence electrons. The van der Waals surface area contributed by atoms with Crippen LogP contribution in [0, 0.1) is 13.8 Å². The summed E-state index contributed by atoms with van der Waals surface area (Å²) < 4.78 is 17.4. The Bertz CT molecular complexity index is 1200. The normalized spacial score (nSPS) is 11.2. The molecule has 10 nitrogen and oxygen atoms in total. The molecule has 0 saturated heterocycles. The van der Waals surface area contributed by atoms with Crippen molar-refractivity contribution in [2.24, 2.45) is 0 Å². The number of rotatable bonds is 4. The van der Waals surface area contributed by atoms with E-state index in [0.717, 1.165) is 0 Å². The third kappa shape index (κ3) is 2.81. The molecule has 0 bridgehead atoms. The van der Waals surface area contributed by atoms with Crippen LogP contribution < -0.4 is 9.47 Å². The van der Waals surface area contributed by atoms with Gasteiger partial charge in [-0.15, -0.1) is 10.2 Å². The zero-order chi connectivity index (χ0) is 20.0. The molecule has 1 aromatic carbocycles. The number of benzene rings is 1. The average molecular weight is 422 g/mol. The summed E-state index contributed by atoms with van der Waals surface area (Å²) in [5, 5.41) is 12.6. The van der Waals surface area contributed by atoms with Crippen molar-refractivity contribution in [3.05, 3.63) is 27.8 Å². The van der Waals surface area contributed by atoms with Crippen molar-refractivity contribution in [2.45, 2.75) is 13.8 Å². The van der Waals surface area contributed by atoms with Crippen LogP contribution in [0.15, 0.2) is 10.6 Å². The lowest BCUT2D eigenvalue weighted by molar-refractivity contribution is 0.334. The van der Waals surface area contributed by atoms with Crippen LogP contribution in [0.4, 0.5) is 0 Å². The molecule has 3 heterocycles. The summed E-state index contributed by atoms with van der Waals surface area (Å²) in [5.74, 6) is 1.84. The number of methoxy groups -OCH3 is 2. The number of hydrogen-bond acceptors (Lipinski definition) is 9. The quantitative estimate of drug-likeness (QED) is 0.489. The third-order valence-corrected chi connectivity index (χ3v) is 4.70. The van der Waals surface area contributed by atoms with Crippen LogP contribution in [0.25, 0.3) is 28.4 Å². The van der Waals surface area contributed by atoms with E-state index < -0.39 is 0 Å². The highest BCUT2D eigenvalue weighted by Gasteiger charge is 2.25. The van der Waals surface area contributed by atoms with Gasteiger partial charge < -0.3 is 14.0 Å². The van der Waals surface area contributed by atoms with E-state index in [1.54, 1.807) is 24.5 Å². The Labute approximate surface area is 168 Å². The van der Waals surface area contributed by atoms with Crippen molar-refractivity contribution in [3.8, 4) is 29.2 Å². The predicted molar refractivity (Wildman–Crippen MR) is 100 cm³/mol. The summed E-state index contributed by atoms with van der Waals surface area (Å²) in [5.41, 5.74) is 1.27. The molecule has 12 heteroatoms. The minimum Gasteiger partial charge on any atom is -0.477 e. The molecule has 0 N–H and O–H groups in total. The van der Waals surface area contributed by atoms with Gasteiger partial charge in [0.05, 0.1) is 35.5 Å². The van der Waals surface area contributed by atoms with Gasteiger partial charge in [0.1, 0.15) is 11.3 Å². The molecule has 0 aliphatic heterocycles. The van der Waals surface area contributed by atoms with E-state index in [2.05, 4.69) is 30.3 Å². The first-order valence-corrected chi connectivity index (χ1v) is 8.71. The minimum atomic E-state index is 0.177. The molecule has 0 fully saturated rings. The summed E-state index contributed by atoms with van der Waals surface area (Å²) in [6.07, 6.45) is 0. The molecule has 0 spiro atoms. The monoisotopic (exact) mass is 421 g/mol. The molecule has 28 heavy (non-hydrogen) atoms. The van der Waals surface area contributed by atoms with Crippen LogP contribution in [0.3, 0.4) is 0 Å². The van der Waals surface area contributed by atoms with E-state index in [0.29, 0.717) is 34.2 Å². The Balaban J connectivity index is 2.10. The second-order valence-corrected chi connectivity index (χ2v) is 6.47. The number of fused-ring (bicyclic) bond motifs is 1. The standard InChI is InChI=1S/C16H13Cl2N7O3/c1-6-19-14(28-24-6)13-23-22-7(2)25(13)12-10(18)8(17)5-9-11(12)21-16(27-4)15(20-9)26-3/h5H,1-4H3. The highest BCUT2D eigenvalue weighted by molar-refractivity contribution is 6.44. The van der Waals surface area contributed by atoms with Gasteiger partial charge in [-0.3, -0.25) is 4.57 Å². The zero-order valence-electron chi connectivity index (χ0n) is 15.2. The van der Waals surface area contributed by atoms with Crippen molar-refractivity contribution in [1.82, 2.24) is 34.9 Å². The van der Waals surface area contributed by atoms with Crippen LogP contribution in [0.2, 0.25) is 10.0 Å². The molecule has 3 aromatic heterocycles. The summed E-state index contributed by atoms with van der Waals surface area (Å²) >= 11 is 12.9. The molecular formula is C16H13Cl2N7O3. The van der Waals surface area contributed by atoms with Crippen molar-refractivity contribution < 1.29 is 14.0 Å². The van der Waals surface area contributed by atoms with E-state index in [-0.39, 0.29) is 27.7 Å². The maximum Gasteiger partial charge on any atom is 0.296 e. The number of halogens is 2. The zero-order valence-corrected chi connectivity index (χ0v) is 16.7. The topological polar surface area (TPSA) is 114 Å². The van der Waals surface area contributed by atoms with Gasteiger partial charge in [0.25, 0.3) is 17.7 Å². The van der Waals surface area contributed by atoms with Gasteiger partial charge in [-0.25, -0.2) is 9.97 Å². The molecule has 0 aliphatic carbocycles. The Morgan fingerprint density at radius 1 is 1.00 bits per heavy atom. The largest absolute Gasteiger partial charge is 0.477 e. The minimum absolute atomic E-state index is 0.177. The van der Waals surface area contributed by atoms with Gasteiger partial charge in [-0.2, -0.15) is 4.98 Å². The Kier molecular flexibility index (Phi) is 4.52. The van der Waals surface area contributed by atoms with Gasteiger partial charge >= 0.3 is 0 Å². The first-order valence-electron chi connectivity index (χ1n) is 7.95. The first kappa shape index (κ1) is 18.4. The highest BCUT2D eigenvalue weighted by Crippen LogP contribution is 2.39. The summed E-state index contributed by atoms with van der Waals surface area (Å²) in [6, 6.07) is 1.59. The molecule has 0 unspecified atom stereocenters. The van der Waals surface area contributed by atoms with E-state index >= 15 is 0 Å². The summed E-state index contributed by atoms with van der Waals surface area (Å²) in [7, 11) is 2.93. The molecule has 0 aliphatic rings. The van der Waals surface area contributed by atoms with Crippen molar-refractivity contribution in [1.29, 1.82) is 0 Å². The van der Waals surface area contributed by atoms with Gasteiger partial charge in [0.2, 0.25) is 5.82 Å². The Hall–Kier alpha value is -2.98. The predicted octanol–water partition coefficient (Wildman–Crippen LogP) is 3.20. The smallest absolute Gasteiger partial charge is 0.296 e. The van der Waals surface area contributed by atoms with Gasteiger partial charge in [0.15, 0.2) is 5.82 Å². The Morgan fingerprint density at radius 2 is 1.71 bits per heavy atom.